The number of rotatable bonds is 6. The molecule has 2 rings (SSSR count). The fourth-order valence-electron chi connectivity index (χ4n) is 1.67. The van der Waals surface area contributed by atoms with E-state index in [1.54, 1.807) is 12.1 Å². The molecule has 19 heavy (non-hydrogen) atoms. The molecule has 0 aliphatic heterocycles. The summed E-state index contributed by atoms with van der Waals surface area (Å²) in [7, 11) is -3.37. The van der Waals surface area contributed by atoms with Crippen LogP contribution in [0.25, 0.3) is 0 Å². The topological polar surface area (TPSA) is 58.2 Å². The monoisotopic (exact) mass is 276 g/mol. The van der Waals surface area contributed by atoms with Gasteiger partial charge in [-0.3, -0.25) is 0 Å². The highest BCUT2D eigenvalue weighted by Crippen LogP contribution is 2.03. The van der Waals surface area contributed by atoms with Gasteiger partial charge >= 0.3 is 0 Å². The zero-order valence-electron chi connectivity index (χ0n) is 10.4. The molecule has 0 bridgehead atoms. The number of benzene rings is 2. The fraction of sp³-hybridized carbons (Fsp3) is 0.143. The average Bonchev–Trinajstić information content (AvgIpc) is 2.40. The summed E-state index contributed by atoms with van der Waals surface area (Å²) in [5.41, 5.74) is 4.50. The van der Waals surface area contributed by atoms with Gasteiger partial charge in [0.25, 0.3) is 0 Å². The van der Waals surface area contributed by atoms with Gasteiger partial charge in [0.2, 0.25) is 10.0 Å². The van der Waals surface area contributed by atoms with Crippen LogP contribution in [0.3, 0.4) is 0 Å². The normalized spacial score (nSPS) is 11.4. The van der Waals surface area contributed by atoms with E-state index in [0.29, 0.717) is 6.54 Å². The molecule has 0 saturated carbocycles. The largest absolute Gasteiger partial charge is 0.240 e. The van der Waals surface area contributed by atoms with Crippen LogP contribution in [-0.2, 0) is 22.3 Å². The third-order valence-corrected chi connectivity index (χ3v) is 3.73. The summed E-state index contributed by atoms with van der Waals surface area (Å²) < 4.78 is 23.6. The molecule has 4 nitrogen and oxygen atoms in total. The van der Waals surface area contributed by atoms with Crippen molar-refractivity contribution in [2.45, 2.75) is 12.3 Å². The van der Waals surface area contributed by atoms with Gasteiger partial charge in [-0.2, -0.15) is 4.83 Å². The molecule has 0 unspecified atom stereocenters. The lowest BCUT2D eigenvalue weighted by atomic mass is 10.2. The summed E-state index contributed by atoms with van der Waals surface area (Å²) in [6.45, 7) is 0.453. The van der Waals surface area contributed by atoms with Gasteiger partial charge in [-0.1, -0.05) is 60.7 Å². The van der Waals surface area contributed by atoms with Crippen molar-refractivity contribution in [2.75, 3.05) is 0 Å². The molecule has 0 fully saturated rings. The third kappa shape index (κ3) is 4.82. The molecule has 0 radical (unpaired) electrons. The second-order valence-electron chi connectivity index (χ2n) is 4.19. The molecule has 2 aromatic rings. The first-order chi connectivity index (χ1) is 9.16. The predicted octanol–water partition coefficient (Wildman–Crippen LogP) is 1.81. The van der Waals surface area contributed by atoms with Gasteiger partial charge < -0.3 is 0 Å². The van der Waals surface area contributed by atoms with Gasteiger partial charge in [0, 0.05) is 6.54 Å². The average molecular weight is 276 g/mol. The molecular formula is C14H16N2O2S. The van der Waals surface area contributed by atoms with Crippen LogP contribution in [0.4, 0.5) is 0 Å². The lowest BCUT2D eigenvalue weighted by Gasteiger charge is -2.08. The summed E-state index contributed by atoms with van der Waals surface area (Å²) >= 11 is 0. The molecule has 100 valence electrons. The zero-order valence-corrected chi connectivity index (χ0v) is 11.2. The Morgan fingerprint density at radius 2 is 1.32 bits per heavy atom. The van der Waals surface area contributed by atoms with Crippen molar-refractivity contribution in [3.63, 3.8) is 0 Å². The van der Waals surface area contributed by atoms with Crippen molar-refractivity contribution in [3.8, 4) is 0 Å². The first kappa shape index (κ1) is 13.7. The van der Waals surface area contributed by atoms with Crippen LogP contribution in [0.1, 0.15) is 11.1 Å². The van der Waals surface area contributed by atoms with E-state index >= 15 is 0 Å². The van der Waals surface area contributed by atoms with E-state index in [-0.39, 0.29) is 5.75 Å². The maximum Gasteiger partial charge on any atom is 0.228 e. The van der Waals surface area contributed by atoms with Gasteiger partial charge in [-0.25, -0.2) is 13.8 Å². The summed E-state index contributed by atoms with van der Waals surface area (Å²) in [5, 5.41) is 0. The molecule has 0 atom stereocenters. The summed E-state index contributed by atoms with van der Waals surface area (Å²) in [6.07, 6.45) is 0. The molecule has 0 saturated heterocycles. The van der Waals surface area contributed by atoms with E-state index in [1.807, 2.05) is 48.5 Å². The number of hydrogen-bond donors (Lipinski definition) is 2. The van der Waals surface area contributed by atoms with Gasteiger partial charge in [-0.05, 0) is 11.1 Å². The van der Waals surface area contributed by atoms with E-state index in [4.69, 9.17) is 0 Å². The quantitative estimate of drug-likeness (QED) is 0.791. The van der Waals surface area contributed by atoms with Gasteiger partial charge in [0.15, 0.2) is 0 Å². The van der Waals surface area contributed by atoms with Gasteiger partial charge in [-0.15, -0.1) is 0 Å². The lowest BCUT2D eigenvalue weighted by molar-refractivity contribution is 0.554. The molecule has 0 aliphatic rings. The van der Waals surface area contributed by atoms with Crippen LogP contribution >= 0.6 is 0 Å². The minimum atomic E-state index is -3.37. The summed E-state index contributed by atoms with van der Waals surface area (Å²) in [4.78, 5) is 2.38. The predicted molar refractivity (Wildman–Crippen MR) is 75.5 cm³/mol. The fourth-order valence-corrected chi connectivity index (χ4v) is 2.67. The second kappa shape index (κ2) is 6.47. The first-order valence-electron chi connectivity index (χ1n) is 5.96. The molecular weight excluding hydrogens is 260 g/mol. The number of sulfonamides is 1. The highest BCUT2D eigenvalue weighted by Gasteiger charge is 2.10. The number of hydrazine groups is 1. The highest BCUT2D eigenvalue weighted by atomic mass is 32.2. The molecule has 0 amide bonds. The van der Waals surface area contributed by atoms with Crippen LogP contribution in [0.15, 0.2) is 60.7 Å². The molecule has 2 N–H and O–H groups in total. The molecule has 0 aromatic heterocycles. The van der Waals surface area contributed by atoms with Crippen molar-refractivity contribution in [1.82, 2.24) is 10.3 Å². The lowest BCUT2D eigenvalue weighted by Crippen LogP contribution is -2.37. The molecule has 0 spiro atoms. The van der Waals surface area contributed by atoms with E-state index in [2.05, 4.69) is 10.3 Å². The maximum atomic E-state index is 11.8. The van der Waals surface area contributed by atoms with Crippen LogP contribution in [0, 0.1) is 0 Å². The minimum absolute atomic E-state index is 0.0321. The SMILES string of the molecule is O=S(=O)(Cc1ccccc1)NNCc1ccccc1. The summed E-state index contributed by atoms with van der Waals surface area (Å²) in [6, 6.07) is 18.7. The first-order valence-corrected chi connectivity index (χ1v) is 7.61. The van der Waals surface area contributed by atoms with Crippen LogP contribution in [0.5, 0.6) is 0 Å². The maximum absolute atomic E-state index is 11.8. The van der Waals surface area contributed by atoms with Crippen LogP contribution in [-0.4, -0.2) is 8.42 Å². The van der Waals surface area contributed by atoms with Gasteiger partial charge in [0.05, 0.1) is 5.75 Å². The Morgan fingerprint density at radius 1 is 0.789 bits per heavy atom. The van der Waals surface area contributed by atoms with E-state index in [0.717, 1.165) is 11.1 Å². The molecule has 2 aromatic carbocycles. The zero-order chi connectivity index (χ0) is 13.6. The van der Waals surface area contributed by atoms with Crippen molar-refractivity contribution < 1.29 is 8.42 Å². The molecule has 0 aliphatic carbocycles. The Hall–Kier alpha value is -1.69. The van der Waals surface area contributed by atoms with Crippen molar-refractivity contribution >= 4 is 10.0 Å². The molecule has 0 heterocycles. The van der Waals surface area contributed by atoms with E-state index in [9.17, 15) is 8.42 Å². The van der Waals surface area contributed by atoms with Crippen molar-refractivity contribution in [3.05, 3.63) is 71.8 Å². The smallest absolute Gasteiger partial charge is 0.228 e. The van der Waals surface area contributed by atoms with Crippen molar-refractivity contribution in [1.29, 1.82) is 0 Å². The van der Waals surface area contributed by atoms with Crippen LogP contribution in [0.2, 0.25) is 0 Å². The minimum Gasteiger partial charge on any atom is -0.240 e. The third-order valence-electron chi connectivity index (χ3n) is 2.56. The highest BCUT2D eigenvalue weighted by molar-refractivity contribution is 7.88. The Morgan fingerprint density at radius 3 is 1.89 bits per heavy atom. The Balaban J connectivity index is 1.85. The second-order valence-corrected chi connectivity index (χ2v) is 5.91. The van der Waals surface area contributed by atoms with Crippen LogP contribution < -0.4 is 10.3 Å². The number of nitrogens with one attached hydrogen (secondary N) is 2. The number of hydrogen-bond acceptors (Lipinski definition) is 3. The Labute approximate surface area is 113 Å². The molecule has 5 heteroatoms. The standard InChI is InChI=1S/C14H16N2O2S/c17-19(18,12-14-9-5-2-6-10-14)16-15-11-13-7-3-1-4-8-13/h1-10,15-16H,11-12H2. The summed E-state index contributed by atoms with van der Waals surface area (Å²) in [5.74, 6) is -0.0321. The van der Waals surface area contributed by atoms with Crippen molar-refractivity contribution in [2.24, 2.45) is 0 Å². The van der Waals surface area contributed by atoms with E-state index < -0.39 is 10.0 Å². The van der Waals surface area contributed by atoms with Gasteiger partial charge in [0.1, 0.15) is 0 Å². The Bertz CT molecular complexity index is 598. The Kier molecular flexibility index (Phi) is 4.68. The van der Waals surface area contributed by atoms with E-state index in [1.165, 1.54) is 0 Å².